The average molecular weight is 347 g/mol. The molecule has 0 radical (unpaired) electrons. The van der Waals surface area contributed by atoms with Gasteiger partial charge in [0.1, 0.15) is 0 Å². The molecule has 0 spiro atoms. The van der Waals surface area contributed by atoms with Gasteiger partial charge in [0.25, 0.3) is 0 Å². The number of nitrogens with one attached hydrogen (secondary N) is 2. The SMILES string of the molecule is O=C(NCc1ccccn1)Nc1cc(Cl)ccc1N1CCOCC1. The fraction of sp³-hybridized carbons (Fsp3) is 0.294. The molecule has 0 saturated carbocycles. The van der Waals surface area contributed by atoms with Gasteiger partial charge >= 0.3 is 6.03 Å². The number of rotatable bonds is 4. The van der Waals surface area contributed by atoms with E-state index in [1.807, 2.05) is 30.3 Å². The summed E-state index contributed by atoms with van der Waals surface area (Å²) in [6.45, 7) is 3.28. The molecule has 2 aromatic rings. The van der Waals surface area contributed by atoms with E-state index in [1.165, 1.54) is 0 Å². The lowest BCUT2D eigenvalue weighted by Gasteiger charge is -2.30. The fourth-order valence-corrected chi connectivity index (χ4v) is 2.70. The van der Waals surface area contributed by atoms with Gasteiger partial charge in [0.2, 0.25) is 0 Å². The van der Waals surface area contributed by atoms with E-state index in [-0.39, 0.29) is 6.03 Å². The molecule has 1 aliphatic heterocycles. The number of urea groups is 1. The van der Waals surface area contributed by atoms with Gasteiger partial charge in [-0.15, -0.1) is 0 Å². The molecule has 2 N–H and O–H groups in total. The molecule has 0 atom stereocenters. The van der Waals surface area contributed by atoms with Crippen LogP contribution in [-0.2, 0) is 11.3 Å². The standard InChI is InChI=1S/C17H19ClN4O2/c18-13-4-5-16(22-7-9-24-10-8-22)15(11-13)21-17(23)20-12-14-3-1-2-6-19-14/h1-6,11H,7-10,12H2,(H2,20,21,23). The first-order chi connectivity index (χ1) is 11.7. The van der Waals surface area contributed by atoms with Gasteiger partial charge < -0.3 is 20.3 Å². The van der Waals surface area contributed by atoms with Gasteiger partial charge in [-0.3, -0.25) is 4.98 Å². The Morgan fingerprint density at radius 3 is 2.83 bits per heavy atom. The van der Waals surface area contributed by atoms with Crippen LogP contribution in [0.25, 0.3) is 0 Å². The molecule has 1 aromatic carbocycles. The van der Waals surface area contributed by atoms with Crippen molar-refractivity contribution in [2.75, 3.05) is 36.5 Å². The molecule has 1 fully saturated rings. The highest BCUT2D eigenvalue weighted by Crippen LogP contribution is 2.29. The first kappa shape index (κ1) is 16.5. The number of nitrogens with zero attached hydrogens (tertiary/aromatic N) is 2. The summed E-state index contributed by atoms with van der Waals surface area (Å²) in [6, 6.07) is 10.8. The minimum absolute atomic E-state index is 0.294. The lowest BCUT2D eigenvalue weighted by Crippen LogP contribution is -2.37. The number of benzene rings is 1. The lowest BCUT2D eigenvalue weighted by molar-refractivity contribution is 0.123. The van der Waals surface area contributed by atoms with Crippen LogP contribution in [0.5, 0.6) is 0 Å². The van der Waals surface area contributed by atoms with E-state index < -0.39 is 0 Å². The molecule has 24 heavy (non-hydrogen) atoms. The van der Waals surface area contributed by atoms with E-state index in [2.05, 4.69) is 20.5 Å². The second-order valence-electron chi connectivity index (χ2n) is 5.39. The number of hydrogen-bond donors (Lipinski definition) is 2. The summed E-state index contributed by atoms with van der Waals surface area (Å²) >= 11 is 6.09. The zero-order valence-corrected chi connectivity index (χ0v) is 13.9. The number of carbonyl (C=O) groups is 1. The number of anilines is 2. The molecular formula is C17H19ClN4O2. The molecule has 0 bridgehead atoms. The van der Waals surface area contributed by atoms with Crippen LogP contribution in [0.3, 0.4) is 0 Å². The molecule has 126 valence electrons. The van der Waals surface area contributed by atoms with Crippen molar-refractivity contribution in [1.82, 2.24) is 10.3 Å². The van der Waals surface area contributed by atoms with E-state index in [9.17, 15) is 4.79 Å². The predicted molar refractivity (Wildman–Crippen MR) is 94.6 cm³/mol. The zero-order chi connectivity index (χ0) is 16.8. The molecule has 7 heteroatoms. The van der Waals surface area contributed by atoms with Crippen molar-refractivity contribution in [3.63, 3.8) is 0 Å². The van der Waals surface area contributed by atoms with Crippen molar-refractivity contribution in [2.24, 2.45) is 0 Å². The summed E-state index contributed by atoms with van der Waals surface area (Å²) in [4.78, 5) is 18.5. The third-order valence-corrected chi connectivity index (χ3v) is 3.95. The number of hydrogen-bond acceptors (Lipinski definition) is 4. The summed E-state index contributed by atoms with van der Waals surface area (Å²) in [5.41, 5.74) is 2.42. The third kappa shape index (κ3) is 4.37. The number of morpholine rings is 1. The highest BCUT2D eigenvalue weighted by molar-refractivity contribution is 6.31. The van der Waals surface area contributed by atoms with Crippen molar-refractivity contribution in [3.8, 4) is 0 Å². The molecule has 2 heterocycles. The van der Waals surface area contributed by atoms with Crippen LogP contribution in [0.15, 0.2) is 42.6 Å². The monoisotopic (exact) mass is 346 g/mol. The van der Waals surface area contributed by atoms with Crippen LogP contribution in [-0.4, -0.2) is 37.3 Å². The highest BCUT2D eigenvalue weighted by Gasteiger charge is 2.16. The molecule has 6 nitrogen and oxygen atoms in total. The normalized spacial score (nSPS) is 14.3. The molecule has 0 aliphatic carbocycles. The molecule has 1 saturated heterocycles. The third-order valence-electron chi connectivity index (χ3n) is 3.71. The van der Waals surface area contributed by atoms with Gasteiger partial charge in [-0.2, -0.15) is 0 Å². The Kier molecular flexibility index (Phi) is 5.51. The molecule has 3 rings (SSSR count). The van der Waals surface area contributed by atoms with Crippen LogP contribution >= 0.6 is 11.6 Å². The van der Waals surface area contributed by atoms with E-state index in [4.69, 9.17) is 16.3 Å². The van der Waals surface area contributed by atoms with E-state index in [1.54, 1.807) is 12.3 Å². The van der Waals surface area contributed by atoms with Crippen molar-refractivity contribution >= 4 is 29.0 Å². The van der Waals surface area contributed by atoms with Crippen molar-refractivity contribution in [3.05, 3.63) is 53.3 Å². The smallest absolute Gasteiger partial charge is 0.319 e. The Balaban J connectivity index is 1.66. The number of halogens is 1. The molecule has 1 aromatic heterocycles. The Morgan fingerprint density at radius 2 is 2.08 bits per heavy atom. The highest BCUT2D eigenvalue weighted by atomic mass is 35.5. The van der Waals surface area contributed by atoms with Crippen LogP contribution in [0, 0.1) is 0 Å². The maximum absolute atomic E-state index is 12.2. The summed E-state index contributed by atoms with van der Waals surface area (Å²) in [6.07, 6.45) is 1.70. The largest absolute Gasteiger partial charge is 0.378 e. The maximum atomic E-state index is 12.2. The van der Waals surface area contributed by atoms with Crippen molar-refractivity contribution in [1.29, 1.82) is 0 Å². The van der Waals surface area contributed by atoms with E-state index >= 15 is 0 Å². The first-order valence-corrected chi connectivity index (χ1v) is 8.17. The summed E-state index contributed by atoms with van der Waals surface area (Å²) in [7, 11) is 0. The van der Waals surface area contributed by atoms with Crippen LogP contribution in [0.2, 0.25) is 5.02 Å². The average Bonchev–Trinajstić information content (AvgIpc) is 2.62. The number of amides is 2. The predicted octanol–water partition coefficient (Wildman–Crippen LogP) is 2.89. The summed E-state index contributed by atoms with van der Waals surface area (Å²) in [5, 5.41) is 6.25. The number of ether oxygens (including phenoxy) is 1. The topological polar surface area (TPSA) is 66.5 Å². The van der Waals surface area contributed by atoms with Gasteiger partial charge in [0, 0.05) is 24.3 Å². The summed E-state index contributed by atoms with van der Waals surface area (Å²) in [5.74, 6) is 0. The Hall–Kier alpha value is -2.31. The van der Waals surface area contributed by atoms with E-state index in [0.29, 0.717) is 30.5 Å². The molecule has 1 aliphatic rings. The van der Waals surface area contributed by atoms with E-state index in [0.717, 1.165) is 24.5 Å². The number of pyridine rings is 1. The zero-order valence-electron chi connectivity index (χ0n) is 13.2. The minimum Gasteiger partial charge on any atom is -0.378 e. The maximum Gasteiger partial charge on any atom is 0.319 e. The number of aromatic nitrogens is 1. The molecule has 2 amide bonds. The second kappa shape index (κ2) is 7.99. The van der Waals surface area contributed by atoms with Gasteiger partial charge in [-0.1, -0.05) is 17.7 Å². The van der Waals surface area contributed by atoms with Crippen molar-refractivity contribution in [2.45, 2.75) is 6.54 Å². The van der Waals surface area contributed by atoms with Gasteiger partial charge in [0.15, 0.2) is 0 Å². The van der Waals surface area contributed by atoms with Crippen LogP contribution in [0.1, 0.15) is 5.69 Å². The lowest BCUT2D eigenvalue weighted by atomic mass is 10.2. The van der Waals surface area contributed by atoms with Crippen molar-refractivity contribution < 1.29 is 9.53 Å². The first-order valence-electron chi connectivity index (χ1n) is 7.79. The quantitative estimate of drug-likeness (QED) is 0.893. The minimum atomic E-state index is -0.294. The fourth-order valence-electron chi connectivity index (χ4n) is 2.53. The second-order valence-corrected chi connectivity index (χ2v) is 5.83. The Morgan fingerprint density at radius 1 is 1.25 bits per heavy atom. The van der Waals surface area contributed by atoms with Gasteiger partial charge in [-0.05, 0) is 30.3 Å². The van der Waals surface area contributed by atoms with Crippen LogP contribution < -0.4 is 15.5 Å². The Labute approximate surface area is 145 Å². The van der Waals surface area contributed by atoms with Crippen LogP contribution in [0.4, 0.5) is 16.2 Å². The molecular weight excluding hydrogens is 328 g/mol. The van der Waals surface area contributed by atoms with Gasteiger partial charge in [-0.25, -0.2) is 4.79 Å². The summed E-state index contributed by atoms with van der Waals surface area (Å²) < 4.78 is 5.38. The molecule has 0 unspecified atom stereocenters. The van der Waals surface area contributed by atoms with Gasteiger partial charge in [0.05, 0.1) is 36.8 Å². The Bertz CT molecular complexity index is 690. The number of carbonyl (C=O) groups excluding carboxylic acids is 1.